The van der Waals surface area contributed by atoms with E-state index in [1.54, 1.807) is 0 Å². The van der Waals surface area contributed by atoms with E-state index < -0.39 is 11.6 Å². The summed E-state index contributed by atoms with van der Waals surface area (Å²) >= 11 is 0. The summed E-state index contributed by atoms with van der Waals surface area (Å²) in [4.78, 5) is 22.5. The monoisotopic (exact) mass is 284 g/mol. The van der Waals surface area contributed by atoms with Crippen molar-refractivity contribution in [3.63, 3.8) is 0 Å². The predicted molar refractivity (Wildman–Crippen MR) is 77.4 cm³/mol. The molecule has 1 unspecified atom stereocenters. The van der Waals surface area contributed by atoms with Gasteiger partial charge in [-0.2, -0.15) is 0 Å². The standard InChI is InChI=1S/C16H28O4/c1-4-12(5-2)16(3,13-8-6-7-9-13)20-15(19)11-10-14(17)18/h12-13H,4-11H2,1-3H3,(H,17,18). The van der Waals surface area contributed by atoms with E-state index in [2.05, 4.69) is 20.8 Å². The lowest BCUT2D eigenvalue weighted by Crippen LogP contribution is -2.45. The van der Waals surface area contributed by atoms with Crippen LogP contribution in [-0.2, 0) is 14.3 Å². The highest BCUT2D eigenvalue weighted by Gasteiger charge is 2.44. The molecule has 4 nitrogen and oxygen atoms in total. The van der Waals surface area contributed by atoms with Crippen LogP contribution in [0, 0.1) is 11.8 Å². The van der Waals surface area contributed by atoms with Crippen LogP contribution in [0.2, 0.25) is 0 Å². The molecule has 0 aromatic rings. The van der Waals surface area contributed by atoms with Gasteiger partial charge in [0.2, 0.25) is 0 Å². The average molecular weight is 284 g/mol. The highest BCUT2D eigenvalue weighted by molar-refractivity contribution is 5.76. The van der Waals surface area contributed by atoms with Gasteiger partial charge in [-0.3, -0.25) is 9.59 Å². The summed E-state index contributed by atoms with van der Waals surface area (Å²) in [6, 6.07) is 0. The first-order chi connectivity index (χ1) is 9.43. The van der Waals surface area contributed by atoms with Gasteiger partial charge >= 0.3 is 11.9 Å². The molecule has 0 aliphatic heterocycles. The maximum Gasteiger partial charge on any atom is 0.306 e. The van der Waals surface area contributed by atoms with Crippen LogP contribution in [0.5, 0.6) is 0 Å². The van der Waals surface area contributed by atoms with Crippen molar-refractivity contribution in [3.8, 4) is 0 Å². The Bertz CT molecular complexity index is 325. The molecule has 0 saturated heterocycles. The Labute approximate surface area is 121 Å². The first kappa shape index (κ1) is 17.0. The molecule has 0 heterocycles. The molecule has 1 atom stereocenters. The number of carbonyl (C=O) groups excluding carboxylic acids is 1. The molecule has 0 aromatic carbocycles. The van der Waals surface area contributed by atoms with Crippen LogP contribution in [0.1, 0.15) is 72.1 Å². The van der Waals surface area contributed by atoms with Gasteiger partial charge in [0.25, 0.3) is 0 Å². The molecule has 1 aliphatic rings. The molecule has 20 heavy (non-hydrogen) atoms. The third-order valence-electron chi connectivity index (χ3n) is 4.84. The van der Waals surface area contributed by atoms with Gasteiger partial charge in [-0.15, -0.1) is 0 Å². The van der Waals surface area contributed by atoms with Crippen LogP contribution in [0.25, 0.3) is 0 Å². The Morgan fingerprint density at radius 1 is 1.20 bits per heavy atom. The molecule has 116 valence electrons. The van der Waals surface area contributed by atoms with Gasteiger partial charge in [-0.25, -0.2) is 0 Å². The summed E-state index contributed by atoms with van der Waals surface area (Å²) in [5.41, 5.74) is -0.435. The predicted octanol–water partition coefficient (Wildman–Crippen LogP) is 3.78. The van der Waals surface area contributed by atoms with E-state index in [9.17, 15) is 9.59 Å². The van der Waals surface area contributed by atoms with Crippen molar-refractivity contribution in [1.29, 1.82) is 0 Å². The zero-order valence-electron chi connectivity index (χ0n) is 13.0. The zero-order valence-corrected chi connectivity index (χ0v) is 13.0. The largest absolute Gasteiger partial charge is 0.481 e. The van der Waals surface area contributed by atoms with Crippen molar-refractivity contribution in [1.82, 2.24) is 0 Å². The summed E-state index contributed by atoms with van der Waals surface area (Å²) < 4.78 is 5.81. The Morgan fingerprint density at radius 2 is 1.75 bits per heavy atom. The van der Waals surface area contributed by atoms with E-state index in [4.69, 9.17) is 9.84 Å². The average Bonchev–Trinajstić information content (AvgIpc) is 2.92. The number of rotatable bonds is 8. The van der Waals surface area contributed by atoms with E-state index in [0.29, 0.717) is 11.8 Å². The first-order valence-corrected chi connectivity index (χ1v) is 7.87. The molecule has 4 heteroatoms. The van der Waals surface area contributed by atoms with Gasteiger partial charge in [-0.1, -0.05) is 26.7 Å². The lowest BCUT2D eigenvalue weighted by molar-refractivity contribution is -0.174. The number of ether oxygens (including phenoxy) is 1. The van der Waals surface area contributed by atoms with Crippen molar-refractivity contribution < 1.29 is 19.4 Å². The highest BCUT2D eigenvalue weighted by Crippen LogP contribution is 2.43. The number of carboxylic acids is 1. The number of hydrogen-bond donors (Lipinski definition) is 1. The van der Waals surface area contributed by atoms with E-state index in [1.807, 2.05) is 0 Å². The van der Waals surface area contributed by atoms with Crippen molar-refractivity contribution in [2.24, 2.45) is 11.8 Å². The van der Waals surface area contributed by atoms with Crippen molar-refractivity contribution >= 4 is 11.9 Å². The van der Waals surface area contributed by atoms with E-state index in [0.717, 1.165) is 25.7 Å². The van der Waals surface area contributed by atoms with Crippen LogP contribution < -0.4 is 0 Å². The molecule has 1 N–H and O–H groups in total. The zero-order chi connectivity index (χ0) is 15.2. The molecule has 1 aliphatic carbocycles. The quantitative estimate of drug-likeness (QED) is 0.689. The van der Waals surface area contributed by atoms with Crippen molar-refractivity contribution in [3.05, 3.63) is 0 Å². The third-order valence-corrected chi connectivity index (χ3v) is 4.84. The summed E-state index contributed by atoms with van der Waals surface area (Å²) in [6.07, 6.45) is 6.41. The summed E-state index contributed by atoms with van der Waals surface area (Å²) in [5, 5.41) is 8.67. The van der Waals surface area contributed by atoms with Crippen LogP contribution in [0.4, 0.5) is 0 Å². The number of hydrogen-bond acceptors (Lipinski definition) is 3. The topological polar surface area (TPSA) is 63.6 Å². The van der Waals surface area contributed by atoms with Gasteiger partial charge in [0.15, 0.2) is 0 Å². The number of esters is 1. The van der Waals surface area contributed by atoms with E-state index >= 15 is 0 Å². The van der Waals surface area contributed by atoms with Crippen molar-refractivity contribution in [2.45, 2.75) is 77.7 Å². The molecule has 1 saturated carbocycles. The number of aliphatic carboxylic acids is 1. The fraction of sp³-hybridized carbons (Fsp3) is 0.875. The minimum Gasteiger partial charge on any atom is -0.481 e. The second-order valence-electron chi connectivity index (χ2n) is 6.05. The fourth-order valence-corrected chi connectivity index (χ4v) is 3.60. The minimum atomic E-state index is -0.952. The molecule has 1 fully saturated rings. The first-order valence-electron chi connectivity index (χ1n) is 7.87. The van der Waals surface area contributed by atoms with Crippen LogP contribution in [0.15, 0.2) is 0 Å². The maximum absolute atomic E-state index is 12.0. The van der Waals surface area contributed by atoms with E-state index in [-0.39, 0.29) is 18.8 Å². The summed E-state index contributed by atoms with van der Waals surface area (Å²) in [7, 11) is 0. The van der Waals surface area contributed by atoms with Gasteiger partial charge < -0.3 is 9.84 Å². The second-order valence-corrected chi connectivity index (χ2v) is 6.05. The Morgan fingerprint density at radius 3 is 2.20 bits per heavy atom. The molecular formula is C16H28O4. The lowest BCUT2D eigenvalue weighted by atomic mass is 9.74. The molecule has 0 aromatic heterocycles. The minimum absolute atomic E-state index is 0.0300. The van der Waals surface area contributed by atoms with Gasteiger partial charge in [0.1, 0.15) is 5.60 Å². The Kier molecular flexibility index (Phi) is 6.50. The summed E-state index contributed by atoms with van der Waals surface area (Å²) in [6.45, 7) is 6.32. The molecular weight excluding hydrogens is 256 g/mol. The normalized spacial score (nSPS) is 19.0. The molecule has 0 bridgehead atoms. The van der Waals surface area contributed by atoms with Crippen LogP contribution in [0.3, 0.4) is 0 Å². The molecule has 0 radical (unpaired) electrons. The third kappa shape index (κ3) is 4.22. The van der Waals surface area contributed by atoms with Gasteiger partial charge in [-0.05, 0) is 44.4 Å². The van der Waals surface area contributed by atoms with Crippen LogP contribution >= 0.6 is 0 Å². The molecule has 0 amide bonds. The van der Waals surface area contributed by atoms with E-state index in [1.165, 1.54) is 12.8 Å². The molecule has 0 spiro atoms. The van der Waals surface area contributed by atoms with Gasteiger partial charge in [0.05, 0.1) is 12.8 Å². The number of carbonyl (C=O) groups is 2. The number of carboxylic acid groups (broad SMARTS) is 1. The second kappa shape index (κ2) is 7.65. The summed E-state index contributed by atoms with van der Waals surface area (Å²) in [5.74, 6) is -0.554. The Balaban J connectivity index is 2.76. The van der Waals surface area contributed by atoms with Gasteiger partial charge in [0, 0.05) is 0 Å². The lowest BCUT2D eigenvalue weighted by Gasteiger charge is -2.41. The Hall–Kier alpha value is -1.06. The van der Waals surface area contributed by atoms with Crippen LogP contribution in [-0.4, -0.2) is 22.6 Å². The van der Waals surface area contributed by atoms with Crippen molar-refractivity contribution in [2.75, 3.05) is 0 Å². The molecule has 1 rings (SSSR count). The highest BCUT2D eigenvalue weighted by atomic mass is 16.6. The smallest absolute Gasteiger partial charge is 0.306 e. The SMILES string of the molecule is CCC(CC)C(C)(OC(=O)CCC(=O)O)C1CCCC1. The maximum atomic E-state index is 12.0. The fourth-order valence-electron chi connectivity index (χ4n) is 3.60.